The van der Waals surface area contributed by atoms with Gasteiger partial charge in [-0.2, -0.15) is 0 Å². The molecule has 0 aromatic carbocycles. The zero-order valence-corrected chi connectivity index (χ0v) is 8.93. The lowest BCUT2D eigenvalue weighted by Gasteiger charge is -2.04. The van der Waals surface area contributed by atoms with Gasteiger partial charge in [0, 0.05) is 13.7 Å². The second-order valence-corrected chi connectivity index (χ2v) is 3.21. The highest BCUT2D eigenvalue weighted by Gasteiger charge is 2.14. The average molecular weight is 213 g/mol. The first-order valence-electron chi connectivity index (χ1n) is 4.81. The maximum Gasteiger partial charge on any atom is 0.309 e. The summed E-state index contributed by atoms with van der Waals surface area (Å²) in [5, 5.41) is 16.4. The van der Waals surface area contributed by atoms with Gasteiger partial charge in [0.15, 0.2) is 0 Å². The van der Waals surface area contributed by atoms with Gasteiger partial charge in [0.25, 0.3) is 0 Å². The molecule has 1 rings (SSSR count). The van der Waals surface area contributed by atoms with Crippen LogP contribution < -0.4 is 0 Å². The van der Waals surface area contributed by atoms with Crippen molar-refractivity contribution in [3.05, 3.63) is 11.4 Å². The van der Waals surface area contributed by atoms with Crippen LogP contribution in [-0.2, 0) is 29.1 Å². The number of nitrogens with zero attached hydrogens (tertiary/aromatic N) is 3. The van der Waals surface area contributed by atoms with Crippen molar-refractivity contribution in [3.63, 3.8) is 0 Å². The first-order chi connectivity index (χ1) is 7.19. The molecule has 0 saturated heterocycles. The Bertz CT molecular complexity index is 335. The predicted molar refractivity (Wildman–Crippen MR) is 52.4 cm³/mol. The third-order valence-corrected chi connectivity index (χ3v) is 1.95. The molecule has 0 aliphatic carbocycles. The number of aryl methyl sites for hydroxylation is 1. The van der Waals surface area contributed by atoms with E-state index >= 15 is 0 Å². The normalized spacial score (nSPS) is 10.5. The summed E-state index contributed by atoms with van der Waals surface area (Å²) >= 11 is 0. The van der Waals surface area contributed by atoms with E-state index in [0.29, 0.717) is 12.3 Å². The van der Waals surface area contributed by atoms with Crippen molar-refractivity contribution in [1.29, 1.82) is 0 Å². The number of hydrogen-bond acceptors (Lipinski definition) is 4. The van der Waals surface area contributed by atoms with E-state index in [-0.39, 0.29) is 6.42 Å². The summed E-state index contributed by atoms with van der Waals surface area (Å²) in [5.41, 5.74) is 1.24. The zero-order chi connectivity index (χ0) is 11.3. The van der Waals surface area contributed by atoms with Crippen LogP contribution in [0.3, 0.4) is 0 Å². The van der Waals surface area contributed by atoms with Gasteiger partial charge in [0.05, 0.1) is 24.4 Å². The van der Waals surface area contributed by atoms with Crippen LogP contribution in [0.5, 0.6) is 0 Å². The molecule has 1 aromatic heterocycles. The Labute approximate surface area is 87.9 Å². The molecule has 0 saturated carbocycles. The van der Waals surface area contributed by atoms with Crippen LogP contribution in [0.15, 0.2) is 0 Å². The van der Waals surface area contributed by atoms with Crippen LogP contribution in [0.4, 0.5) is 0 Å². The number of ether oxygens (including phenoxy) is 1. The number of aromatic nitrogens is 3. The van der Waals surface area contributed by atoms with Gasteiger partial charge in [0.2, 0.25) is 0 Å². The van der Waals surface area contributed by atoms with Gasteiger partial charge in [-0.05, 0) is 6.42 Å². The largest absolute Gasteiger partial charge is 0.481 e. The first-order valence-corrected chi connectivity index (χ1v) is 4.81. The van der Waals surface area contributed by atoms with Crippen molar-refractivity contribution >= 4 is 5.97 Å². The molecule has 0 bridgehead atoms. The minimum Gasteiger partial charge on any atom is -0.481 e. The Kier molecular flexibility index (Phi) is 4.23. The molecule has 0 aliphatic rings. The van der Waals surface area contributed by atoms with Gasteiger partial charge in [-0.15, -0.1) is 5.10 Å². The van der Waals surface area contributed by atoms with Crippen molar-refractivity contribution in [2.24, 2.45) is 0 Å². The number of methoxy groups -OCH3 is 1. The van der Waals surface area contributed by atoms with E-state index in [1.165, 1.54) is 0 Å². The summed E-state index contributed by atoms with van der Waals surface area (Å²) in [6.45, 7) is 3.09. The van der Waals surface area contributed by atoms with E-state index in [0.717, 1.165) is 18.7 Å². The molecule has 0 fully saturated rings. The minimum atomic E-state index is -0.907. The maximum atomic E-state index is 10.6. The minimum absolute atomic E-state index is 0.109. The number of carbonyl (C=O) groups is 1. The SMILES string of the molecule is CCCn1nnc(CC(=O)O)c1COC. The molecule has 0 radical (unpaired) electrons. The van der Waals surface area contributed by atoms with E-state index in [2.05, 4.69) is 10.3 Å². The van der Waals surface area contributed by atoms with Crippen molar-refractivity contribution in [2.75, 3.05) is 7.11 Å². The standard InChI is InChI=1S/C9H15N3O3/c1-3-4-12-8(6-15-2)7(10-11-12)5-9(13)14/h3-6H2,1-2H3,(H,13,14). The van der Waals surface area contributed by atoms with Crippen LogP contribution in [0.25, 0.3) is 0 Å². The quantitative estimate of drug-likeness (QED) is 0.742. The van der Waals surface area contributed by atoms with E-state index in [4.69, 9.17) is 9.84 Å². The monoisotopic (exact) mass is 213 g/mol. The Morgan fingerprint density at radius 2 is 2.33 bits per heavy atom. The molecular weight excluding hydrogens is 198 g/mol. The highest BCUT2D eigenvalue weighted by molar-refractivity contribution is 5.69. The lowest BCUT2D eigenvalue weighted by Crippen LogP contribution is -2.09. The van der Waals surface area contributed by atoms with Gasteiger partial charge in [-0.3, -0.25) is 4.79 Å². The molecule has 1 aromatic rings. The summed E-state index contributed by atoms with van der Waals surface area (Å²) in [5.74, 6) is -0.907. The highest BCUT2D eigenvalue weighted by Crippen LogP contribution is 2.08. The molecule has 15 heavy (non-hydrogen) atoms. The van der Waals surface area contributed by atoms with E-state index < -0.39 is 5.97 Å². The average Bonchev–Trinajstić information content (AvgIpc) is 2.51. The van der Waals surface area contributed by atoms with E-state index in [1.54, 1.807) is 11.8 Å². The Hall–Kier alpha value is -1.43. The summed E-state index contributed by atoms with van der Waals surface area (Å²) in [6, 6.07) is 0. The maximum absolute atomic E-state index is 10.6. The fraction of sp³-hybridized carbons (Fsp3) is 0.667. The van der Waals surface area contributed by atoms with Crippen molar-refractivity contribution in [3.8, 4) is 0 Å². The summed E-state index contributed by atoms with van der Waals surface area (Å²) in [4.78, 5) is 10.6. The molecule has 0 atom stereocenters. The molecule has 0 unspecified atom stereocenters. The van der Waals surface area contributed by atoms with Gasteiger partial charge >= 0.3 is 5.97 Å². The lowest BCUT2D eigenvalue weighted by atomic mass is 10.2. The number of aliphatic carboxylic acids is 1. The number of carboxylic acids is 1. The van der Waals surface area contributed by atoms with Gasteiger partial charge in [-0.1, -0.05) is 12.1 Å². The number of rotatable bonds is 6. The second kappa shape index (κ2) is 5.45. The third kappa shape index (κ3) is 3.02. The lowest BCUT2D eigenvalue weighted by molar-refractivity contribution is -0.136. The highest BCUT2D eigenvalue weighted by atomic mass is 16.5. The fourth-order valence-electron chi connectivity index (χ4n) is 1.34. The Balaban J connectivity index is 2.89. The van der Waals surface area contributed by atoms with Crippen LogP contribution in [-0.4, -0.2) is 33.2 Å². The van der Waals surface area contributed by atoms with Crippen molar-refractivity contribution in [1.82, 2.24) is 15.0 Å². The molecular formula is C9H15N3O3. The molecule has 0 amide bonds. The van der Waals surface area contributed by atoms with E-state index in [1.807, 2.05) is 6.92 Å². The summed E-state index contributed by atoms with van der Waals surface area (Å²) < 4.78 is 6.70. The predicted octanol–water partition coefficient (Wildman–Crippen LogP) is 0.462. The molecule has 0 spiro atoms. The van der Waals surface area contributed by atoms with Gasteiger partial charge < -0.3 is 9.84 Å². The summed E-state index contributed by atoms with van der Waals surface area (Å²) in [7, 11) is 1.56. The topological polar surface area (TPSA) is 77.2 Å². The third-order valence-electron chi connectivity index (χ3n) is 1.95. The van der Waals surface area contributed by atoms with Crippen LogP contribution in [0.1, 0.15) is 24.7 Å². The summed E-state index contributed by atoms with van der Waals surface area (Å²) in [6.07, 6.45) is 0.814. The van der Waals surface area contributed by atoms with Gasteiger partial charge in [-0.25, -0.2) is 4.68 Å². The molecule has 1 heterocycles. The van der Waals surface area contributed by atoms with Crippen molar-refractivity contribution in [2.45, 2.75) is 32.9 Å². The molecule has 6 nitrogen and oxygen atoms in total. The van der Waals surface area contributed by atoms with Crippen molar-refractivity contribution < 1.29 is 14.6 Å². The van der Waals surface area contributed by atoms with Crippen LogP contribution in [0, 0.1) is 0 Å². The Morgan fingerprint density at radius 1 is 1.60 bits per heavy atom. The molecule has 1 N–H and O–H groups in total. The zero-order valence-electron chi connectivity index (χ0n) is 8.93. The molecule has 84 valence electrons. The number of hydrogen-bond donors (Lipinski definition) is 1. The van der Waals surface area contributed by atoms with Crippen LogP contribution >= 0.6 is 0 Å². The first kappa shape index (κ1) is 11.6. The Morgan fingerprint density at radius 3 is 2.87 bits per heavy atom. The molecule has 0 aliphatic heterocycles. The smallest absolute Gasteiger partial charge is 0.309 e. The second-order valence-electron chi connectivity index (χ2n) is 3.21. The fourth-order valence-corrected chi connectivity index (χ4v) is 1.34. The molecule has 6 heteroatoms. The number of carboxylic acid groups (broad SMARTS) is 1. The van der Waals surface area contributed by atoms with Gasteiger partial charge in [0.1, 0.15) is 0 Å². The van der Waals surface area contributed by atoms with Crippen LogP contribution in [0.2, 0.25) is 0 Å². The van der Waals surface area contributed by atoms with E-state index in [9.17, 15) is 4.79 Å².